The number of phenols is 1. The molecule has 0 atom stereocenters. The van der Waals surface area contributed by atoms with Crippen molar-refractivity contribution < 1.29 is 14.6 Å². The van der Waals surface area contributed by atoms with E-state index in [-0.39, 0.29) is 11.7 Å². The molecule has 0 radical (unpaired) electrons. The molecule has 0 saturated carbocycles. The summed E-state index contributed by atoms with van der Waals surface area (Å²) < 4.78 is 5.85. The number of nitrogens with one attached hydrogen (secondary N) is 1. The molecular weight excluding hydrogens is 458 g/mol. The zero-order chi connectivity index (χ0) is 26.4. The van der Waals surface area contributed by atoms with E-state index >= 15 is 0 Å². The summed E-state index contributed by atoms with van der Waals surface area (Å²) in [5.41, 5.74) is 1.23. The van der Waals surface area contributed by atoms with Gasteiger partial charge in [-0.15, -0.1) is 0 Å². The van der Waals surface area contributed by atoms with E-state index < -0.39 is 0 Å². The summed E-state index contributed by atoms with van der Waals surface area (Å²) >= 11 is 0. The Hall–Kier alpha value is -2.49. The lowest BCUT2D eigenvalue weighted by atomic mass is 10.0. The minimum atomic E-state index is -0.201. The topological polar surface area (TPSA) is 58.6 Å². The van der Waals surface area contributed by atoms with Gasteiger partial charge in [-0.05, 0) is 55.0 Å². The highest BCUT2D eigenvalue weighted by atomic mass is 16.5. The molecule has 0 aliphatic heterocycles. The van der Waals surface area contributed by atoms with Crippen LogP contribution in [0.15, 0.2) is 48.5 Å². The van der Waals surface area contributed by atoms with E-state index in [0.29, 0.717) is 5.56 Å². The fraction of sp³-hybridized carbons (Fsp3) is 0.606. The second-order valence-corrected chi connectivity index (χ2v) is 10.4. The Bertz CT molecular complexity index is 816. The summed E-state index contributed by atoms with van der Waals surface area (Å²) in [6.07, 6.45) is 24.8. The summed E-state index contributed by atoms with van der Waals surface area (Å²) in [5.74, 6) is 0.773. The van der Waals surface area contributed by atoms with Gasteiger partial charge in [0, 0.05) is 11.3 Å². The number of anilines is 1. The van der Waals surface area contributed by atoms with E-state index in [9.17, 15) is 9.90 Å². The average molecular weight is 510 g/mol. The maximum absolute atomic E-state index is 12.2. The van der Waals surface area contributed by atoms with Gasteiger partial charge in [0.2, 0.25) is 0 Å². The van der Waals surface area contributed by atoms with Crippen LogP contribution in [0.2, 0.25) is 0 Å². The molecule has 2 aromatic rings. The molecule has 0 bridgehead atoms. The first-order chi connectivity index (χ1) is 18.2. The smallest absolute Gasteiger partial charge is 0.255 e. The zero-order valence-corrected chi connectivity index (χ0v) is 23.3. The van der Waals surface area contributed by atoms with Crippen LogP contribution in [0.5, 0.6) is 11.5 Å². The van der Waals surface area contributed by atoms with Crippen molar-refractivity contribution in [1.29, 1.82) is 0 Å². The lowest BCUT2D eigenvalue weighted by Crippen LogP contribution is -2.11. The van der Waals surface area contributed by atoms with Gasteiger partial charge in [-0.1, -0.05) is 116 Å². The third kappa shape index (κ3) is 15.4. The Balaban J connectivity index is 1.36. The quantitative estimate of drug-likeness (QED) is 0.155. The maximum atomic E-state index is 12.2. The summed E-state index contributed by atoms with van der Waals surface area (Å²) in [7, 11) is 0. The molecule has 4 heteroatoms. The van der Waals surface area contributed by atoms with Crippen molar-refractivity contribution >= 4 is 11.6 Å². The molecule has 0 fully saturated rings. The number of aromatic hydroxyl groups is 1. The molecule has 0 unspecified atom stereocenters. The van der Waals surface area contributed by atoms with Crippen LogP contribution in [-0.2, 0) is 0 Å². The Kier molecular flexibility index (Phi) is 17.1. The fourth-order valence-corrected chi connectivity index (χ4v) is 4.64. The lowest BCUT2D eigenvalue weighted by molar-refractivity contribution is 0.102. The Labute approximate surface area is 226 Å². The fourth-order valence-electron chi connectivity index (χ4n) is 4.64. The number of hydrogen-bond donors (Lipinski definition) is 2. The molecule has 0 spiro atoms. The predicted molar refractivity (Wildman–Crippen MR) is 157 cm³/mol. The normalized spacial score (nSPS) is 10.9. The van der Waals surface area contributed by atoms with Crippen LogP contribution >= 0.6 is 0 Å². The van der Waals surface area contributed by atoms with Crippen molar-refractivity contribution in [3.8, 4) is 11.5 Å². The van der Waals surface area contributed by atoms with Gasteiger partial charge >= 0.3 is 0 Å². The third-order valence-corrected chi connectivity index (χ3v) is 7.01. The number of unbranched alkanes of at least 4 members (excludes halogenated alkanes) is 17. The van der Waals surface area contributed by atoms with E-state index in [0.717, 1.165) is 24.5 Å². The van der Waals surface area contributed by atoms with Crippen LogP contribution in [0.25, 0.3) is 0 Å². The average Bonchev–Trinajstić information content (AvgIpc) is 2.91. The largest absolute Gasteiger partial charge is 0.508 e. The molecular formula is C33H51NO3. The van der Waals surface area contributed by atoms with Gasteiger partial charge in [0.1, 0.15) is 11.5 Å². The van der Waals surface area contributed by atoms with Crippen LogP contribution in [-0.4, -0.2) is 17.6 Å². The molecule has 2 aromatic carbocycles. The van der Waals surface area contributed by atoms with E-state index in [1.54, 1.807) is 12.1 Å². The van der Waals surface area contributed by atoms with E-state index in [1.807, 2.05) is 24.3 Å². The van der Waals surface area contributed by atoms with Gasteiger partial charge in [-0.25, -0.2) is 0 Å². The predicted octanol–water partition coefficient (Wildman–Crippen LogP) is 10.1. The molecule has 37 heavy (non-hydrogen) atoms. The van der Waals surface area contributed by atoms with Crippen LogP contribution < -0.4 is 10.1 Å². The second kappa shape index (κ2) is 20.6. The highest BCUT2D eigenvalue weighted by Gasteiger charge is 2.06. The molecule has 0 saturated heterocycles. The number of carbonyl (C=O) groups excluding carboxylic acids is 1. The number of hydrogen-bond acceptors (Lipinski definition) is 3. The number of phenolic OH excluding ortho intramolecular Hbond substituents is 1. The Morgan fingerprint density at radius 3 is 1.51 bits per heavy atom. The number of ether oxygens (including phenoxy) is 1. The van der Waals surface area contributed by atoms with Crippen LogP contribution in [0.4, 0.5) is 5.69 Å². The third-order valence-electron chi connectivity index (χ3n) is 7.01. The van der Waals surface area contributed by atoms with Crippen molar-refractivity contribution in [3.05, 3.63) is 54.1 Å². The first-order valence-electron chi connectivity index (χ1n) is 15.0. The van der Waals surface area contributed by atoms with Gasteiger partial charge in [0.05, 0.1) is 6.61 Å². The molecule has 1 amide bonds. The van der Waals surface area contributed by atoms with Crippen LogP contribution in [0, 0.1) is 0 Å². The van der Waals surface area contributed by atoms with E-state index in [2.05, 4.69) is 12.2 Å². The standard InChI is InChI=1S/C33H51NO3/c1-2-3-4-5-6-7-8-9-10-11-12-13-14-15-16-17-18-19-28-37-32-26-22-30(23-27-32)34-33(36)29-20-24-31(35)25-21-29/h20-27,35H,2-19,28H2,1H3,(H,34,36). The SMILES string of the molecule is CCCCCCCCCCCCCCCCCCCCOc1ccc(NC(=O)c2ccc(O)cc2)cc1. The highest BCUT2D eigenvalue weighted by Crippen LogP contribution is 2.18. The number of carbonyl (C=O) groups is 1. The van der Waals surface area contributed by atoms with Gasteiger partial charge in [0.15, 0.2) is 0 Å². The van der Waals surface area contributed by atoms with Gasteiger partial charge < -0.3 is 15.2 Å². The second-order valence-electron chi connectivity index (χ2n) is 10.4. The first kappa shape index (κ1) is 30.7. The summed E-state index contributed by atoms with van der Waals surface area (Å²) in [6.45, 7) is 3.02. The Morgan fingerprint density at radius 2 is 1.05 bits per heavy atom. The Morgan fingerprint density at radius 1 is 0.622 bits per heavy atom. The summed E-state index contributed by atoms with van der Waals surface area (Å²) in [5, 5.41) is 12.2. The monoisotopic (exact) mass is 509 g/mol. The number of rotatable bonds is 22. The van der Waals surface area contributed by atoms with Gasteiger partial charge in [-0.3, -0.25) is 4.79 Å². The summed E-state index contributed by atoms with van der Waals surface area (Å²) in [6, 6.07) is 13.7. The minimum Gasteiger partial charge on any atom is -0.508 e. The zero-order valence-electron chi connectivity index (χ0n) is 23.3. The van der Waals surface area contributed by atoms with Crippen molar-refractivity contribution in [2.75, 3.05) is 11.9 Å². The molecule has 0 aliphatic rings. The number of amides is 1. The van der Waals surface area contributed by atoms with E-state index in [4.69, 9.17) is 4.74 Å². The van der Waals surface area contributed by atoms with Crippen LogP contribution in [0.1, 0.15) is 133 Å². The first-order valence-corrected chi connectivity index (χ1v) is 15.0. The maximum Gasteiger partial charge on any atom is 0.255 e. The molecule has 0 aliphatic carbocycles. The lowest BCUT2D eigenvalue weighted by Gasteiger charge is -2.09. The van der Waals surface area contributed by atoms with Crippen LogP contribution in [0.3, 0.4) is 0 Å². The molecule has 4 nitrogen and oxygen atoms in total. The van der Waals surface area contributed by atoms with Crippen molar-refractivity contribution in [3.63, 3.8) is 0 Å². The molecule has 2 rings (SSSR count). The minimum absolute atomic E-state index is 0.146. The van der Waals surface area contributed by atoms with Gasteiger partial charge in [0.25, 0.3) is 5.91 Å². The molecule has 2 N–H and O–H groups in total. The number of benzene rings is 2. The van der Waals surface area contributed by atoms with E-state index in [1.165, 1.54) is 121 Å². The molecule has 206 valence electrons. The van der Waals surface area contributed by atoms with Crippen molar-refractivity contribution in [2.24, 2.45) is 0 Å². The van der Waals surface area contributed by atoms with Gasteiger partial charge in [-0.2, -0.15) is 0 Å². The van der Waals surface area contributed by atoms with Crippen molar-refractivity contribution in [2.45, 2.75) is 122 Å². The van der Waals surface area contributed by atoms with Crippen molar-refractivity contribution in [1.82, 2.24) is 0 Å². The molecule has 0 aromatic heterocycles. The summed E-state index contributed by atoms with van der Waals surface area (Å²) in [4.78, 5) is 12.2. The molecule has 0 heterocycles. The highest BCUT2D eigenvalue weighted by molar-refractivity contribution is 6.04.